The Morgan fingerprint density at radius 3 is 2.20 bits per heavy atom. The molecule has 1 saturated carbocycles. The summed E-state index contributed by atoms with van der Waals surface area (Å²) < 4.78 is 53.2. The number of nitrogens with zero attached hydrogens (tertiary/aromatic N) is 4. The summed E-state index contributed by atoms with van der Waals surface area (Å²) in [5.41, 5.74) is -0.888. The fourth-order valence-corrected chi connectivity index (χ4v) is 8.94. The number of hydrogen-bond acceptors (Lipinski definition) is 7. The summed E-state index contributed by atoms with van der Waals surface area (Å²) in [6, 6.07) is 4.48. The monoisotopic (exact) mass is 854 g/mol. The van der Waals surface area contributed by atoms with Crippen molar-refractivity contribution in [2.45, 2.75) is 78.0 Å². The van der Waals surface area contributed by atoms with Crippen LogP contribution in [0.3, 0.4) is 0 Å². The van der Waals surface area contributed by atoms with Crippen LogP contribution in [-0.4, -0.2) is 49.6 Å². The van der Waals surface area contributed by atoms with Crippen LogP contribution in [0, 0.1) is 29.4 Å². The van der Waals surface area contributed by atoms with Crippen molar-refractivity contribution in [3.63, 3.8) is 0 Å². The van der Waals surface area contributed by atoms with Gasteiger partial charge in [-0.1, -0.05) is 46.4 Å². The van der Waals surface area contributed by atoms with Crippen molar-refractivity contribution < 1.29 is 32.9 Å². The summed E-state index contributed by atoms with van der Waals surface area (Å²) in [6.07, 6.45) is 7.24. The van der Waals surface area contributed by atoms with Gasteiger partial charge >= 0.3 is 5.97 Å². The number of aromatic nitrogens is 4. The average molecular weight is 857 g/mol. The number of benzene rings is 2. The molecule has 7 rings (SSSR count). The van der Waals surface area contributed by atoms with E-state index in [4.69, 9.17) is 60.6 Å². The lowest BCUT2D eigenvalue weighted by Crippen LogP contribution is -2.33. The number of carbonyl (C=O) groups excluding carboxylic acids is 1. The molecule has 4 aromatic rings. The van der Waals surface area contributed by atoms with Crippen molar-refractivity contribution in [1.82, 2.24) is 18.7 Å². The molecule has 1 aliphatic carbocycles. The van der Waals surface area contributed by atoms with Crippen LogP contribution in [0.4, 0.5) is 8.78 Å². The number of carbonyl (C=O) groups is 1. The van der Waals surface area contributed by atoms with E-state index < -0.39 is 28.7 Å². The second kappa shape index (κ2) is 16.9. The molecule has 0 spiro atoms. The largest absolute Gasteiger partial charge is 0.506 e. The molecule has 2 aromatic carbocycles. The zero-order chi connectivity index (χ0) is 39.8. The predicted octanol–water partition coefficient (Wildman–Crippen LogP) is 8.71. The van der Waals surface area contributed by atoms with Crippen LogP contribution in [0.2, 0.25) is 20.4 Å². The van der Waals surface area contributed by atoms with Crippen LogP contribution >= 0.6 is 46.4 Å². The highest BCUT2D eigenvalue weighted by Crippen LogP contribution is 2.47. The van der Waals surface area contributed by atoms with Gasteiger partial charge in [-0.3, -0.25) is 19.0 Å². The first-order valence-corrected chi connectivity index (χ1v) is 20.2. The van der Waals surface area contributed by atoms with Crippen molar-refractivity contribution in [3.8, 4) is 33.8 Å². The molecule has 2 unspecified atom stereocenters. The summed E-state index contributed by atoms with van der Waals surface area (Å²) in [7, 11) is 0. The Morgan fingerprint density at radius 1 is 0.857 bits per heavy atom. The lowest BCUT2D eigenvalue weighted by atomic mass is 9.96. The molecule has 4 heterocycles. The van der Waals surface area contributed by atoms with Crippen LogP contribution < -0.4 is 15.9 Å². The predicted molar refractivity (Wildman–Crippen MR) is 209 cm³/mol. The number of esters is 1. The van der Waals surface area contributed by atoms with Gasteiger partial charge in [-0.05, 0) is 93.9 Å². The number of rotatable bonds is 14. The van der Waals surface area contributed by atoms with E-state index in [-0.39, 0.29) is 85.6 Å². The molecular weight excluding hydrogens is 816 g/mol. The molecule has 0 saturated heterocycles. The highest BCUT2D eigenvalue weighted by atomic mass is 35.5. The zero-order valence-electron chi connectivity index (χ0n) is 30.5. The summed E-state index contributed by atoms with van der Waals surface area (Å²) in [5.74, 6) is -0.896. The van der Waals surface area contributed by atoms with Crippen molar-refractivity contribution in [2.75, 3.05) is 19.8 Å². The zero-order valence-corrected chi connectivity index (χ0v) is 33.5. The third-order valence-corrected chi connectivity index (χ3v) is 12.1. The van der Waals surface area contributed by atoms with Crippen molar-refractivity contribution in [3.05, 3.63) is 88.8 Å². The van der Waals surface area contributed by atoms with Crippen LogP contribution in [0.15, 0.2) is 45.7 Å². The first-order valence-electron chi connectivity index (χ1n) is 18.6. The standard InChI is InChI=1S/C39H40Cl4F2N4O7/c1-2-54-24(20-56-32-16-26(30(45)18-28(32)41)35-36(42)46-8-3-4-9-48(46)38(35)52)14-33(51)55-11-5-6-22-13-23(22)12-21-7-10-47-37(43)34(39(53)49(47)19-21)25-15-31(50)27(40)17-29(25)44/h14-18,21-23,50H,2-13,19-20H2,1H3/b24-14+/t21?,22-,23?/m0/s1. The number of fused-ring (bicyclic) bond motifs is 2. The van der Waals surface area contributed by atoms with Gasteiger partial charge in [-0.15, -0.1) is 0 Å². The number of hydrogen-bond donors (Lipinski definition) is 1. The van der Waals surface area contributed by atoms with Gasteiger partial charge in [-0.25, -0.2) is 22.9 Å². The number of ether oxygens (including phenoxy) is 3. The second-order valence-electron chi connectivity index (χ2n) is 14.4. The summed E-state index contributed by atoms with van der Waals surface area (Å²) in [4.78, 5) is 39.2. The fraction of sp³-hybridized carbons (Fsp3) is 0.462. The molecule has 0 amide bonds. The second-order valence-corrected chi connectivity index (χ2v) is 16.0. The lowest BCUT2D eigenvalue weighted by molar-refractivity contribution is -0.138. The Bertz CT molecular complexity index is 2320. The Kier molecular flexibility index (Phi) is 12.2. The Labute approximate surface area is 340 Å². The Morgan fingerprint density at radius 2 is 1.50 bits per heavy atom. The topological polar surface area (TPSA) is 119 Å². The minimum Gasteiger partial charge on any atom is -0.506 e. The summed E-state index contributed by atoms with van der Waals surface area (Å²) >= 11 is 25.2. The maximum Gasteiger partial charge on any atom is 0.334 e. The van der Waals surface area contributed by atoms with E-state index in [0.29, 0.717) is 44.4 Å². The van der Waals surface area contributed by atoms with Gasteiger partial charge in [0.2, 0.25) is 0 Å². The maximum atomic E-state index is 15.1. The molecule has 11 nitrogen and oxygen atoms in total. The first-order chi connectivity index (χ1) is 26.9. The Balaban J connectivity index is 0.888. The van der Waals surface area contributed by atoms with Crippen LogP contribution in [-0.2, 0) is 40.4 Å². The molecular formula is C39H40Cl4F2N4O7. The van der Waals surface area contributed by atoms with Crippen LogP contribution in [0.25, 0.3) is 22.3 Å². The molecule has 2 aromatic heterocycles. The molecule has 0 radical (unpaired) electrons. The molecule has 1 N–H and O–H groups in total. The SMILES string of the molecule is CCO/C(=C/C(=O)OCCC[C@H]1CC1CC1CCn2c(Cl)c(-c3cc(O)c(Cl)cc3F)c(=O)n2C1)COc1cc(-c2c(Cl)n3n(c2=O)CCCC3)c(F)cc1Cl. The van der Waals surface area contributed by atoms with Gasteiger partial charge in [0.1, 0.15) is 45.8 Å². The normalized spacial score (nSPS) is 19.1. The van der Waals surface area contributed by atoms with Gasteiger partial charge in [-0.2, -0.15) is 0 Å². The highest BCUT2D eigenvalue weighted by Gasteiger charge is 2.39. The van der Waals surface area contributed by atoms with E-state index in [1.165, 1.54) is 16.8 Å². The molecule has 2 aliphatic heterocycles. The molecule has 3 atom stereocenters. The van der Waals surface area contributed by atoms with Gasteiger partial charge in [0.25, 0.3) is 11.1 Å². The van der Waals surface area contributed by atoms with Gasteiger partial charge in [0, 0.05) is 37.3 Å². The molecule has 300 valence electrons. The van der Waals surface area contributed by atoms with Crippen molar-refractivity contribution >= 4 is 52.4 Å². The fourth-order valence-electron chi connectivity index (χ4n) is 7.87. The van der Waals surface area contributed by atoms with Gasteiger partial charge in [0.05, 0.1) is 40.5 Å². The quantitative estimate of drug-likeness (QED) is 0.0584. The van der Waals surface area contributed by atoms with E-state index >= 15 is 4.39 Å². The van der Waals surface area contributed by atoms with Crippen molar-refractivity contribution in [2.24, 2.45) is 17.8 Å². The number of aromatic hydroxyl groups is 1. The molecule has 1 fully saturated rings. The smallest absolute Gasteiger partial charge is 0.334 e. The lowest BCUT2D eigenvalue weighted by Gasteiger charge is -2.26. The molecule has 17 heteroatoms. The van der Waals surface area contributed by atoms with Crippen LogP contribution in [0.5, 0.6) is 11.5 Å². The van der Waals surface area contributed by atoms with Gasteiger partial charge in [0.15, 0.2) is 0 Å². The van der Waals surface area contributed by atoms with E-state index in [1.807, 2.05) is 0 Å². The minimum absolute atomic E-state index is 0.00788. The van der Waals surface area contributed by atoms with Gasteiger partial charge < -0.3 is 19.3 Å². The summed E-state index contributed by atoms with van der Waals surface area (Å²) in [6.45, 7) is 4.02. The summed E-state index contributed by atoms with van der Waals surface area (Å²) in [5, 5.41) is 10.1. The van der Waals surface area contributed by atoms with Crippen LogP contribution in [0.1, 0.15) is 51.9 Å². The van der Waals surface area contributed by atoms with Crippen molar-refractivity contribution in [1.29, 1.82) is 0 Å². The third kappa shape index (κ3) is 8.23. The maximum absolute atomic E-state index is 15.1. The third-order valence-electron chi connectivity index (χ3n) is 10.8. The molecule has 3 aliphatic rings. The molecule has 0 bridgehead atoms. The average Bonchev–Trinajstić information content (AvgIpc) is 3.79. The number of halogens is 6. The van der Waals surface area contributed by atoms with E-state index in [9.17, 15) is 23.9 Å². The van der Waals surface area contributed by atoms with E-state index in [0.717, 1.165) is 56.7 Å². The van der Waals surface area contributed by atoms with E-state index in [1.54, 1.807) is 21.0 Å². The Hall–Kier alpha value is -3.91. The number of phenols is 1. The van der Waals surface area contributed by atoms with E-state index in [2.05, 4.69) is 0 Å². The highest BCUT2D eigenvalue weighted by molar-refractivity contribution is 6.34. The number of phenolic OH excluding ortho intramolecular Hbond substituents is 1. The molecule has 56 heavy (non-hydrogen) atoms. The minimum atomic E-state index is -0.738. The first kappa shape index (κ1) is 40.3.